The Morgan fingerprint density at radius 3 is 1.57 bits per heavy atom. The first kappa shape index (κ1) is 33.6. The van der Waals surface area contributed by atoms with Crippen molar-refractivity contribution in [3.63, 3.8) is 0 Å². The van der Waals surface area contributed by atoms with Crippen molar-refractivity contribution < 1.29 is 22.5 Å². The van der Waals surface area contributed by atoms with Crippen molar-refractivity contribution in [1.82, 2.24) is 0 Å². The summed E-state index contributed by atoms with van der Waals surface area (Å²) in [4.78, 5) is 12.0. The van der Waals surface area contributed by atoms with Crippen molar-refractivity contribution in [1.29, 1.82) is 0 Å². The van der Waals surface area contributed by atoms with Crippen LogP contribution in [0.25, 0.3) is 0 Å². The molecule has 6 nitrogen and oxygen atoms in total. The fourth-order valence-corrected chi connectivity index (χ4v) is 3.88. The van der Waals surface area contributed by atoms with Gasteiger partial charge in [0.05, 0.1) is 12.9 Å². The maximum atomic E-state index is 12.0. The van der Waals surface area contributed by atoms with Crippen molar-refractivity contribution >= 4 is 16.1 Å². The summed E-state index contributed by atoms with van der Waals surface area (Å²) in [5, 5.41) is 0. The van der Waals surface area contributed by atoms with Crippen LogP contribution in [-0.4, -0.2) is 37.8 Å². The van der Waals surface area contributed by atoms with Gasteiger partial charge in [0, 0.05) is 0 Å². The van der Waals surface area contributed by atoms with Gasteiger partial charge in [-0.3, -0.25) is 9.35 Å². The van der Waals surface area contributed by atoms with E-state index in [0.717, 1.165) is 18.4 Å². The SMILES string of the molecule is CCCCCCCCCCCCCCCCCCOC(=O)C(N)Cc1ccccc1.CS(=O)(=O)O. The third kappa shape index (κ3) is 27.0. The highest BCUT2D eigenvalue weighted by molar-refractivity contribution is 7.85. The summed E-state index contributed by atoms with van der Waals surface area (Å²) in [7, 11) is -3.67. The monoisotopic (exact) mass is 513 g/mol. The number of nitrogens with two attached hydrogens (primary N) is 1. The zero-order valence-electron chi connectivity index (χ0n) is 22.3. The summed E-state index contributed by atoms with van der Waals surface area (Å²) >= 11 is 0. The van der Waals surface area contributed by atoms with Crippen LogP contribution in [0.15, 0.2) is 30.3 Å². The van der Waals surface area contributed by atoms with Crippen molar-refractivity contribution in [3.8, 4) is 0 Å². The lowest BCUT2D eigenvalue weighted by Gasteiger charge is -2.11. The zero-order valence-corrected chi connectivity index (χ0v) is 23.1. The van der Waals surface area contributed by atoms with Crippen LogP contribution in [0.1, 0.15) is 115 Å². The number of hydrogen-bond acceptors (Lipinski definition) is 5. The first-order chi connectivity index (χ1) is 16.7. The molecule has 1 unspecified atom stereocenters. The third-order valence-electron chi connectivity index (χ3n) is 5.84. The van der Waals surface area contributed by atoms with Crippen LogP contribution < -0.4 is 5.73 Å². The van der Waals surface area contributed by atoms with Crippen molar-refractivity contribution in [3.05, 3.63) is 35.9 Å². The molecule has 1 atom stereocenters. The molecular weight excluding hydrogens is 462 g/mol. The van der Waals surface area contributed by atoms with Gasteiger partial charge in [0.1, 0.15) is 6.04 Å². The lowest BCUT2D eigenvalue weighted by Crippen LogP contribution is -2.34. The Morgan fingerprint density at radius 2 is 1.17 bits per heavy atom. The van der Waals surface area contributed by atoms with E-state index in [-0.39, 0.29) is 5.97 Å². The first-order valence-corrected chi connectivity index (χ1v) is 15.5. The predicted octanol–water partition coefficient (Wildman–Crippen LogP) is 6.87. The number of rotatable bonds is 20. The number of carbonyl (C=O) groups excluding carboxylic acids is 1. The third-order valence-corrected chi connectivity index (χ3v) is 5.84. The maximum absolute atomic E-state index is 12.0. The smallest absolute Gasteiger partial charge is 0.323 e. The lowest BCUT2D eigenvalue weighted by atomic mass is 10.0. The second-order valence-electron chi connectivity index (χ2n) is 9.50. The second-order valence-corrected chi connectivity index (χ2v) is 11.0. The minimum atomic E-state index is -3.67. The minimum Gasteiger partial charge on any atom is -0.465 e. The molecule has 0 aliphatic heterocycles. The minimum absolute atomic E-state index is 0.278. The summed E-state index contributed by atoms with van der Waals surface area (Å²) in [5.74, 6) is -0.278. The number of ether oxygens (including phenoxy) is 1. The molecule has 0 aliphatic carbocycles. The lowest BCUT2D eigenvalue weighted by molar-refractivity contribution is -0.145. The van der Waals surface area contributed by atoms with Gasteiger partial charge in [-0.05, 0) is 18.4 Å². The van der Waals surface area contributed by atoms with E-state index in [9.17, 15) is 13.2 Å². The van der Waals surface area contributed by atoms with Crippen LogP contribution in [0.4, 0.5) is 0 Å². The molecule has 1 aromatic rings. The van der Waals surface area contributed by atoms with E-state index in [1.807, 2.05) is 30.3 Å². The summed E-state index contributed by atoms with van der Waals surface area (Å²) in [6, 6.07) is 9.30. The molecule has 1 aromatic carbocycles. The van der Waals surface area contributed by atoms with Gasteiger partial charge in [-0.2, -0.15) is 8.42 Å². The number of benzene rings is 1. The van der Waals surface area contributed by atoms with Crippen LogP contribution in [0.3, 0.4) is 0 Å². The Bertz CT molecular complexity index is 701. The Hall–Kier alpha value is -1.44. The number of hydrogen-bond donors (Lipinski definition) is 2. The van der Waals surface area contributed by atoms with Gasteiger partial charge in [0.2, 0.25) is 0 Å². The fourth-order valence-electron chi connectivity index (χ4n) is 3.88. The Kier molecular flexibility index (Phi) is 22.0. The van der Waals surface area contributed by atoms with E-state index in [2.05, 4.69) is 6.92 Å². The summed E-state index contributed by atoms with van der Waals surface area (Å²) in [6.07, 6.45) is 22.8. The van der Waals surface area contributed by atoms with Crippen LogP contribution in [0.2, 0.25) is 0 Å². The molecule has 35 heavy (non-hydrogen) atoms. The number of esters is 1. The van der Waals surface area contributed by atoms with E-state index in [0.29, 0.717) is 19.3 Å². The Labute approximate surface area is 215 Å². The van der Waals surface area contributed by atoms with Crippen LogP contribution >= 0.6 is 0 Å². The average molecular weight is 514 g/mol. The summed E-state index contributed by atoms with van der Waals surface area (Å²) in [6.45, 7) is 2.78. The highest BCUT2D eigenvalue weighted by Gasteiger charge is 2.15. The van der Waals surface area contributed by atoms with Gasteiger partial charge < -0.3 is 10.5 Å². The number of carbonyl (C=O) groups is 1. The van der Waals surface area contributed by atoms with Crippen molar-refractivity contribution in [2.24, 2.45) is 5.73 Å². The quantitative estimate of drug-likeness (QED) is 0.112. The molecule has 0 spiro atoms. The zero-order chi connectivity index (χ0) is 26.2. The fraction of sp³-hybridized carbons (Fsp3) is 0.750. The molecule has 1 rings (SSSR count). The molecule has 3 N–H and O–H groups in total. The number of unbranched alkanes of at least 4 members (excludes halogenated alkanes) is 15. The van der Waals surface area contributed by atoms with E-state index >= 15 is 0 Å². The summed E-state index contributed by atoms with van der Waals surface area (Å²) < 4.78 is 31.2. The van der Waals surface area contributed by atoms with Crippen molar-refractivity contribution in [2.45, 2.75) is 122 Å². The van der Waals surface area contributed by atoms with Gasteiger partial charge in [-0.25, -0.2) is 0 Å². The highest BCUT2D eigenvalue weighted by atomic mass is 32.2. The molecule has 0 bridgehead atoms. The molecule has 0 aliphatic rings. The second kappa shape index (κ2) is 23.0. The Morgan fingerprint density at radius 1 is 0.800 bits per heavy atom. The van der Waals surface area contributed by atoms with Crippen LogP contribution in [0, 0.1) is 0 Å². The Balaban J connectivity index is 0.00000209. The topological polar surface area (TPSA) is 107 Å². The summed E-state index contributed by atoms with van der Waals surface area (Å²) in [5.41, 5.74) is 7.02. The van der Waals surface area contributed by atoms with Gasteiger partial charge in [0.25, 0.3) is 10.1 Å². The van der Waals surface area contributed by atoms with E-state index < -0.39 is 16.2 Å². The van der Waals surface area contributed by atoms with Gasteiger partial charge in [-0.15, -0.1) is 0 Å². The molecule has 204 valence electrons. The first-order valence-electron chi connectivity index (χ1n) is 13.6. The van der Waals surface area contributed by atoms with Crippen molar-refractivity contribution in [2.75, 3.05) is 12.9 Å². The molecule has 0 saturated carbocycles. The molecule has 0 aromatic heterocycles. The van der Waals surface area contributed by atoms with E-state index in [1.165, 1.54) is 89.9 Å². The molecule has 7 heteroatoms. The van der Waals surface area contributed by atoms with Gasteiger partial charge in [0.15, 0.2) is 0 Å². The van der Waals surface area contributed by atoms with Crippen LogP contribution in [-0.2, 0) is 26.1 Å². The van der Waals surface area contributed by atoms with Gasteiger partial charge >= 0.3 is 5.97 Å². The van der Waals surface area contributed by atoms with E-state index in [1.54, 1.807) is 0 Å². The predicted molar refractivity (Wildman–Crippen MR) is 146 cm³/mol. The molecule has 0 radical (unpaired) electrons. The van der Waals surface area contributed by atoms with Crippen LogP contribution in [0.5, 0.6) is 0 Å². The highest BCUT2D eigenvalue weighted by Crippen LogP contribution is 2.13. The van der Waals surface area contributed by atoms with E-state index in [4.69, 9.17) is 15.0 Å². The average Bonchev–Trinajstić information content (AvgIpc) is 2.80. The largest absolute Gasteiger partial charge is 0.465 e. The molecule has 0 heterocycles. The molecule has 0 fully saturated rings. The maximum Gasteiger partial charge on any atom is 0.323 e. The standard InChI is InChI=1S/C27H47NO2.CH4O3S/c1-2-3-4-5-6-7-8-9-10-11-12-13-14-15-16-20-23-30-27(29)26(28)24-25-21-18-17-19-22-25;1-5(2,3)4/h17-19,21-22,26H,2-16,20,23-24,28H2,1H3;1H3,(H,2,3,4). The molecule has 0 saturated heterocycles. The molecular formula is C28H51NO5S. The normalized spacial score (nSPS) is 12.0. The molecule has 0 amide bonds. The van der Waals surface area contributed by atoms with Gasteiger partial charge in [-0.1, -0.05) is 134 Å².